The maximum absolute atomic E-state index is 5.64. The maximum atomic E-state index is 5.64. The normalized spacial score (nSPS) is 51.9. The minimum Gasteiger partial charge on any atom is -0.384 e. The topological polar surface area (TPSA) is 9.23 Å². The molecule has 4 atom stereocenters. The van der Waals surface area contributed by atoms with Gasteiger partial charge in [0.2, 0.25) is 0 Å². The van der Waals surface area contributed by atoms with Gasteiger partial charge in [0.25, 0.3) is 0 Å². The zero-order valence-electron chi connectivity index (χ0n) is 6.29. The molecule has 0 amide bonds. The van der Waals surface area contributed by atoms with Gasteiger partial charge in [0, 0.05) is 6.00 Å². The van der Waals surface area contributed by atoms with Crippen molar-refractivity contribution >= 4 is 7.85 Å². The van der Waals surface area contributed by atoms with Gasteiger partial charge in [-0.1, -0.05) is 13.8 Å². The molecule has 0 aromatic carbocycles. The van der Waals surface area contributed by atoms with Gasteiger partial charge < -0.3 is 4.74 Å². The van der Waals surface area contributed by atoms with E-state index in [4.69, 9.17) is 12.6 Å². The maximum Gasteiger partial charge on any atom is 0.109 e. The summed E-state index contributed by atoms with van der Waals surface area (Å²) in [6.07, 6.45) is 0.343. The average molecular weight is 124 g/mol. The third-order valence-electron chi connectivity index (χ3n) is 2.46. The van der Waals surface area contributed by atoms with Crippen molar-refractivity contribution in [2.75, 3.05) is 0 Å². The van der Waals surface area contributed by atoms with E-state index >= 15 is 0 Å². The van der Waals surface area contributed by atoms with Crippen LogP contribution in [0.2, 0.25) is 0 Å². The molecule has 0 saturated carbocycles. The molecule has 2 heteroatoms. The fourth-order valence-electron chi connectivity index (χ4n) is 1.22. The molecular weight excluding hydrogens is 111 g/mol. The number of hydrogen-bond donors (Lipinski definition) is 0. The summed E-state index contributed by atoms with van der Waals surface area (Å²) in [5.74, 6) is 1.12. The highest BCUT2D eigenvalue weighted by Crippen LogP contribution is 2.29. The van der Waals surface area contributed by atoms with Crippen LogP contribution in [0.25, 0.3) is 0 Å². The van der Waals surface area contributed by atoms with Gasteiger partial charge in [-0.25, -0.2) is 0 Å². The van der Waals surface area contributed by atoms with Crippen molar-refractivity contribution in [2.24, 2.45) is 11.8 Å². The summed E-state index contributed by atoms with van der Waals surface area (Å²) in [5.41, 5.74) is 0. The number of rotatable bonds is 0. The van der Waals surface area contributed by atoms with Gasteiger partial charge in [-0.15, -0.1) is 0 Å². The average Bonchev–Trinajstić information content (AvgIpc) is 1.98. The molecule has 1 nitrogen and oxygen atoms in total. The Morgan fingerprint density at radius 2 is 1.67 bits per heavy atom. The second-order valence-electron chi connectivity index (χ2n) is 3.02. The molecule has 0 aromatic rings. The largest absolute Gasteiger partial charge is 0.384 e. The van der Waals surface area contributed by atoms with Crippen molar-refractivity contribution in [1.82, 2.24) is 0 Å². The van der Waals surface area contributed by atoms with Crippen LogP contribution in [0.4, 0.5) is 0 Å². The first-order valence-electron chi connectivity index (χ1n) is 3.54. The van der Waals surface area contributed by atoms with E-state index in [-0.39, 0.29) is 6.00 Å². The Balaban J connectivity index is 2.54. The minimum absolute atomic E-state index is 0.0324. The molecule has 0 spiro atoms. The SMILES string of the molecule is [B]C1OC(C)[C@H](C)C1C. The van der Waals surface area contributed by atoms with E-state index in [9.17, 15) is 0 Å². The molecule has 1 fully saturated rings. The predicted molar refractivity (Wildman–Crippen MR) is 38.4 cm³/mol. The smallest absolute Gasteiger partial charge is 0.109 e. The Hall–Kier alpha value is 0.0249. The molecule has 0 aromatic heterocycles. The minimum atomic E-state index is -0.0324. The lowest BCUT2D eigenvalue weighted by Crippen LogP contribution is -2.15. The summed E-state index contributed by atoms with van der Waals surface area (Å²) in [6, 6.07) is -0.0324. The Labute approximate surface area is 58.2 Å². The summed E-state index contributed by atoms with van der Waals surface area (Å²) in [7, 11) is 5.64. The van der Waals surface area contributed by atoms with Crippen LogP contribution in [0, 0.1) is 11.8 Å². The summed E-state index contributed by atoms with van der Waals surface area (Å²) < 4.78 is 5.36. The third kappa shape index (κ3) is 1.13. The molecule has 1 heterocycles. The van der Waals surface area contributed by atoms with Gasteiger partial charge in [-0.05, 0) is 18.8 Å². The van der Waals surface area contributed by atoms with Crippen LogP contribution in [0.3, 0.4) is 0 Å². The van der Waals surface area contributed by atoms with Crippen molar-refractivity contribution < 1.29 is 4.74 Å². The fraction of sp³-hybridized carbons (Fsp3) is 1.00. The van der Waals surface area contributed by atoms with Crippen molar-refractivity contribution in [3.63, 3.8) is 0 Å². The van der Waals surface area contributed by atoms with E-state index < -0.39 is 0 Å². The van der Waals surface area contributed by atoms with E-state index in [0.717, 1.165) is 0 Å². The molecular formula is C7H13BO. The number of ether oxygens (including phenoxy) is 1. The van der Waals surface area contributed by atoms with E-state index in [1.165, 1.54) is 0 Å². The summed E-state index contributed by atoms with van der Waals surface area (Å²) >= 11 is 0. The summed E-state index contributed by atoms with van der Waals surface area (Å²) in [5, 5.41) is 0. The van der Waals surface area contributed by atoms with Crippen LogP contribution in [0.15, 0.2) is 0 Å². The second kappa shape index (κ2) is 2.33. The van der Waals surface area contributed by atoms with Gasteiger partial charge in [-0.2, -0.15) is 0 Å². The monoisotopic (exact) mass is 124 g/mol. The highest BCUT2D eigenvalue weighted by molar-refractivity contribution is 6.11. The Bertz CT molecular complexity index is 93.1. The van der Waals surface area contributed by atoms with Crippen LogP contribution in [-0.2, 0) is 4.74 Å². The lowest BCUT2D eigenvalue weighted by Gasteiger charge is -2.10. The van der Waals surface area contributed by atoms with Crippen molar-refractivity contribution in [2.45, 2.75) is 32.9 Å². The second-order valence-corrected chi connectivity index (χ2v) is 3.02. The fourth-order valence-corrected chi connectivity index (χ4v) is 1.22. The summed E-state index contributed by atoms with van der Waals surface area (Å²) in [6.45, 7) is 6.40. The quantitative estimate of drug-likeness (QED) is 0.440. The van der Waals surface area contributed by atoms with Crippen LogP contribution >= 0.6 is 0 Å². The van der Waals surface area contributed by atoms with E-state index in [0.29, 0.717) is 17.9 Å². The van der Waals surface area contributed by atoms with Gasteiger partial charge in [-0.3, -0.25) is 0 Å². The Morgan fingerprint density at radius 3 is 1.78 bits per heavy atom. The third-order valence-corrected chi connectivity index (χ3v) is 2.46. The highest BCUT2D eigenvalue weighted by atomic mass is 16.5. The van der Waals surface area contributed by atoms with Crippen molar-refractivity contribution in [3.8, 4) is 0 Å². The standard InChI is InChI=1S/C7H13BO/c1-4-5(2)7(8)9-6(4)3/h4-7H,1-3H3/t4-,5?,6?,7?/m1/s1. The summed E-state index contributed by atoms with van der Waals surface area (Å²) in [4.78, 5) is 0. The molecule has 1 aliphatic rings. The van der Waals surface area contributed by atoms with Gasteiger partial charge in [0.15, 0.2) is 0 Å². The molecule has 1 rings (SSSR count). The first-order valence-corrected chi connectivity index (χ1v) is 3.54. The van der Waals surface area contributed by atoms with Crippen LogP contribution in [0.5, 0.6) is 0 Å². The van der Waals surface area contributed by atoms with Gasteiger partial charge >= 0.3 is 0 Å². The molecule has 3 unspecified atom stereocenters. The molecule has 50 valence electrons. The molecule has 2 radical (unpaired) electrons. The molecule has 0 aliphatic carbocycles. The zero-order chi connectivity index (χ0) is 7.02. The van der Waals surface area contributed by atoms with Crippen molar-refractivity contribution in [1.29, 1.82) is 0 Å². The zero-order valence-corrected chi connectivity index (χ0v) is 6.29. The Kier molecular flexibility index (Phi) is 1.85. The van der Waals surface area contributed by atoms with Gasteiger partial charge in [0.1, 0.15) is 7.85 Å². The highest BCUT2D eigenvalue weighted by Gasteiger charge is 2.32. The number of hydrogen-bond acceptors (Lipinski definition) is 1. The molecule has 0 N–H and O–H groups in total. The molecule has 1 saturated heterocycles. The van der Waals surface area contributed by atoms with Crippen LogP contribution in [0.1, 0.15) is 20.8 Å². The predicted octanol–water partition coefficient (Wildman–Crippen LogP) is 1.17. The molecule has 0 bridgehead atoms. The van der Waals surface area contributed by atoms with Crippen LogP contribution in [-0.4, -0.2) is 20.0 Å². The first kappa shape index (κ1) is 7.14. The molecule has 9 heavy (non-hydrogen) atoms. The lowest BCUT2D eigenvalue weighted by molar-refractivity contribution is 0.0856. The van der Waals surface area contributed by atoms with E-state index in [2.05, 4.69) is 20.8 Å². The Morgan fingerprint density at radius 1 is 1.11 bits per heavy atom. The lowest BCUT2D eigenvalue weighted by atomic mass is 9.82. The van der Waals surface area contributed by atoms with E-state index in [1.54, 1.807) is 0 Å². The molecule has 1 aliphatic heterocycles. The van der Waals surface area contributed by atoms with E-state index in [1.807, 2.05) is 0 Å². The first-order chi connectivity index (χ1) is 4.13. The van der Waals surface area contributed by atoms with Crippen molar-refractivity contribution in [3.05, 3.63) is 0 Å². The van der Waals surface area contributed by atoms with Crippen LogP contribution < -0.4 is 0 Å². The van der Waals surface area contributed by atoms with Gasteiger partial charge in [0.05, 0.1) is 6.10 Å².